The van der Waals surface area contributed by atoms with Crippen molar-refractivity contribution < 1.29 is 4.79 Å². The van der Waals surface area contributed by atoms with Gasteiger partial charge in [0.25, 0.3) is 0 Å². The largest absolute Gasteiger partial charge is 0.351 e. The van der Waals surface area contributed by atoms with Crippen molar-refractivity contribution in [2.24, 2.45) is 11.7 Å². The Hall–Kier alpha value is -1.35. The first-order chi connectivity index (χ1) is 8.76. The van der Waals surface area contributed by atoms with Crippen LogP contribution in [0.2, 0.25) is 0 Å². The smallest absolute Gasteiger partial charge is 0.227 e. The number of benzene rings is 1. The molecule has 1 aliphatic carbocycles. The SMILES string of the molecule is CCC(C(=O)NC(CN)C1CC1)c1ccccc1. The van der Waals surface area contributed by atoms with Crippen LogP contribution < -0.4 is 11.1 Å². The molecule has 3 N–H and O–H groups in total. The lowest BCUT2D eigenvalue weighted by Gasteiger charge is -2.21. The Bertz CT molecular complexity index is 387. The summed E-state index contributed by atoms with van der Waals surface area (Å²) in [7, 11) is 0. The molecule has 3 nitrogen and oxygen atoms in total. The van der Waals surface area contributed by atoms with E-state index in [9.17, 15) is 4.79 Å². The van der Waals surface area contributed by atoms with Crippen molar-refractivity contribution >= 4 is 5.91 Å². The van der Waals surface area contributed by atoms with E-state index in [0.717, 1.165) is 12.0 Å². The number of carbonyl (C=O) groups excluding carboxylic acids is 1. The minimum absolute atomic E-state index is 0.0565. The quantitative estimate of drug-likeness (QED) is 0.807. The minimum atomic E-state index is -0.0565. The van der Waals surface area contributed by atoms with Crippen molar-refractivity contribution in [2.45, 2.75) is 38.1 Å². The molecule has 1 aromatic carbocycles. The number of rotatable bonds is 6. The van der Waals surface area contributed by atoms with Gasteiger partial charge in [-0.2, -0.15) is 0 Å². The van der Waals surface area contributed by atoms with Crippen molar-refractivity contribution in [2.75, 3.05) is 6.54 Å². The predicted molar refractivity (Wildman–Crippen MR) is 73.2 cm³/mol. The Balaban J connectivity index is 2.01. The maximum atomic E-state index is 12.3. The molecule has 2 rings (SSSR count). The molecule has 0 saturated heterocycles. The molecule has 0 bridgehead atoms. The molecule has 0 radical (unpaired) electrons. The van der Waals surface area contributed by atoms with Crippen molar-refractivity contribution in [1.29, 1.82) is 0 Å². The highest BCUT2D eigenvalue weighted by Gasteiger charge is 2.32. The van der Waals surface area contributed by atoms with E-state index < -0.39 is 0 Å². The standard InChI is InChI=1S/C15H22N2O/c1-2-13(11-6-4-3-5-7-11)15(18)17-14(10-16)12-8-9-12/h3-7,12-14H,2,8-10,16H2,1H3,(H,17,18). The van der Waals surface area contributed by atoms with Crippen LogP contribution in [0.15, 0.2) is 30.3 Å². The lowest BCUT2D eigenvalue weighted by Crippen LogP contribution is -2.43. The molecule has 18 heavy (non-hydrogen) atoms. The summed E-state index contributed by atoms with van der Waals surface area (Å²) in [6.45, 7) is 2.59. The van der Waals surface area contributed by atoms with Gasteiger partial charge in [-0.1, -0.05) is 37.3 Å². The Kier molecular flexibility index (Phi) is 4.37. The Morgan fingerprint density at radius 3 is 2.56 bits per heavy atom. The van der Waals surface area contributed by atoms with E-state index in [1.54, 1.807) is 0 Å². The van der Waals surface area contributed by atoms with E-state index in [1.807, 2.05) is 37.3 Å². The third kappa shape index (κ3) is 3.10. The van der Waals surface area contributed by atoms with Gasteiger partial charge < -0.3 is 11.1 Å². The van der Waals surface area contributed by atoms with E-state index in [-0.39, 0.29) is 17.9 Å². The summed E-state index contributed by atoms with van der Waals surface area (Å²) < 4.78 is 0. The molecule has 1 fully saturated rings. The second-order valence-corrected chi connectivity index (χ2v) is 5.06. The third-order valence-electron chi connectivity index (χ3n) is 3.70. The molecule has 98 valence electrons. The Morgan fingerprint density at radius 1 is 1.39 bits per heavy atom. The van der Waals surface area contributed by atoms with Gasteiger partial charge in [0, 0.05) is 12.6 Å². The molecule has 3 heteroatoms. The minimum Gasteiger partial charge on any atom is -0.351 e. The molecule has 1 aliphatic rings. The average Bonchev–Trinajstić information content (AvgIpc) is 3.22. The van der Waals surface area contributed by atoms with Crippen LogP contribution in [0, 0.1) is 5.92 Å². The second-order valence-electron chi connectivity index (χ2n) is 5.06. The fourth-order valence-electron chi connectivity index (χ4n) is 2.41. The van der Waals surface area contributed by atoms with Crippen molar-refractivity contribution in [3.63, 3.8) is 0 Å². The number of hydrogen-bond acceptors (Lipinski definition) is 2. The lowest BCUT2D eigenvalue weighted by molar-refractivity contribution is -0.123. The zero-order valence-corrected chi connectivity index (χ0v) is 10.9. The maximum Gasteiger partial charge on any atom is 0.227 e. The topological polar surface area (TPSA) is 55.1 Å². The molecule has 2 atom stereocenters. The van der Waals surface area contributed by atoms with E-state index >= 15 is 0 Å². The first-order valence-corrected chi connectivity index (χ1v) is 6.81. The first-order valence-electron chi connectivity index (χ1n) is 6.81. The number of hydrogen-bond donors (Lipinski definition) is 2. The number of carbonyl (C=O) groups is 1. The summed E-state index contributed by atoms with van der Waals surface area (Å²) in [4.78, 5) is 12.3. The van der Waals surface area contributed by atoms with Crippen LogP contribution >= 0.6 is 0 Å². The second kappa shape index (κ2) is 6.01. The summed E-state index contributed by atoms with van der Waals surface area (Å²) in [5.41, 5.74) is 6.81. The van der Waals surface area contributed by atoms with Gasteiger partial charge in [-0.3, -0.25) is 4.79 Å². The molecule has 0 spiro atoms. The van der Waals surface area contributed by atoms with Crippen molar-refractivity contribution in [3.8, 4) is 0 Å². The van der Waals surface area contributed by atoms with Gasteiger partial charge in [0.2, 0.25) is 5.91 Å². The van der Waals surface area contributed by atoms with Gasteiger partial charge in [-0.05, 0) is 30.7 Å². The number of nitrogens with two attached hydrogens (primary N) is 1. The molecule has 1 amide bonds. The van der Waals surface area contributed by atoms with Crippen LogP contribution in [0.25, 0.3) is 0 Å². The summed E-state index contributed by atoms with van der Waals surface area (Å²) >= 11 is 0. The van der Waals surface area contributed by atoms with Crippen LogP contribution in [-0.2, 0) is 4.79 Å². The lowest BCUT2D eigenvalue weighted by atomic mass is 9.95. The van der Waals surface area contributed by atoms with Gasteiger partial charge in [0.15, 0.2) is 0 Å². The molecular weight excluding hydrogens is 224 g/mol. The van der Waals surface area contributed by atoms with Crippen LogP contribution in [-0.4, -0.2) is 18.5 Å². The molecule has 0 aliphatic heterocycles. The molecule has 2 unspecified atom stereocenters. The van der Waals surface area contributed by atoms with E-state index in [0.29, 0.717) is 12.5 Å². The molecule has 1 saturated carbocycles. The zero-order valence-electron chi connectivity index (χ0n) is 10.9. The number of nitrogens with one attached hydrogen (secondary N) is 1. The fraction of sp³-hybridized carbons (Fsp3) is 0.533. The van der Waals surface area contributed by atoms with Gasteiger partial charge in [-0.15, -0.1) is 0 Å². The fourth-order valence-corrected chi connectivity index (χ4v) is 2.41. The molecule has 0 aromatic heterocycles. The number of amides is 1. The summed E-state index contributed by atoms with van der Waals surface area (Å²) in [5.74, 6) is 0.664. The average molecular weight is 246 g/mol. The highest BCUT2D eigenvalue weighted by atomic mass is 16.1. The molecular formula is C15H22N2O. The third-order valence-corrected chi connectivity index (χ3v) is 3.70. The highest BCUT2D eigenvalue weighted by molar-refractivity contribution is 5.83. The Labute approximate surface area is 109 Å². The van der Waals surface area contributed by atoms with Crippen LogP contribution in [0.5, 0.6) is 0 Å². The van der Waals surface area contributed by atoms with Gasteiger partial charge in [0.05, 0.1) is 5.92 Å². The first kappa shape index (κ1) is 13.1. The normalized spacial score (nSPS) is 18.1. The van der Waals surface area contributed by atoms with Crippen molar-refractivity contribution in [1.82, 2.24) is 5.32 Å². The summed E-state index contributed by atoms with van der Waals surface area (Å²) in [6, 6.07) is 10.1. The maximum absolute atomic E-state index is 12.3. The van der Waals surface area contributed by atoms with Gasteiger partial charge in [0.1, 0.15) is 0 Å². The van der Waals surface area contributed by atoms with E-state index in [1.165, 1.54) is 12.8 Å². The van der Waals surface area contributed by atoms with Crippen LogP contribution in [0.4, 0.5) is 0 Å². The van der Waals surface area contributed by atoms with Crippen LogP contribution in [0.3, 0.4) is 0 Å². The van der Waals surface area contributed by atoms with Crippen molar-refractivity contribution in [3.05, 3.63) is 35.9 Å². The molecule has 0 heterocycles. The monoisotopic (exact) mass is 246 g/mol. The van der Waals surface area contributed by atoms with Gasteiger partial charge >= 0.3 is 0 Å². The van der Waals surface area contributed by atoms with E-state index in [2.05, 4.69) is 5.32 Å². The summed E-state index contributed by atoms with van der Waals surface area (Å²) in [6.07, 6.45) is 3.21. The van der Waals surface area contributed by atoms with Crippen LogP contribution in [0.1, 0.15) is 37.7 Å². The van der Waals surface area contributed by atoms with E-state index in [4.69, 9.17) is 5.73 Å². The highest BCUT2D eigenvalue weighted by Crippen LogP contribution is 2.32. The Morgan fingerprint density at radius 2 is 2.06 bits per heavy atom. The predicted octanol–water partition coefficient (Wildman–Crippen LogP) is 2.03. The molecule has 1 aromatic rings. The van der Waals surface area contributed by atoms with Gasteiger partial charge in [-0.25, -0.2) is 0 Å². The summed E-state index contributed by atoms with van der Waals surface area (Å²) in [5, 5.41) is 3.11. The zero-order chi connectivity index (χ0) is 13.0.